The van der Waals surface area contributed by atoms with E-state index in [2.05, 4.69) is 10.6 Å². The van der Waals surface area contributed by atoms with Crippen LogP contribution in [0.3, 0.4) is 0 Å². The molecular weight excluding hydrogens is 293 g/mol. The van der Waals surface area contributed by atoms with Gasteiger partial charge in [-0.15, -0.1) is 0 Å². The van der Waals surface area contributed by atoms with Crippen LogP contribution < -0.4 is 10.6 Å². The van der Waals surface area contributed by atoms with Gasteiger partial charge in [-0.05, 0) is 24.6 Å². The first-order valence-electron chi connectivity index (χ1n) is 6.22. The minimum absolute atomic E-state index is 0.0172. The number of nitrogens with one attached hydrogen (secondary N) is 2. The highest BCUT2D eigenvalue weighted by molar-refractivity contribution is 6.30. The quantitative estimate of drug-likeness (QED) is 0.841. The van der Waals surface area contributed by atoms with Crippen LogP contribution in [0, 0.1) is 0 Å². The molecule has 1 amide bonds. The van der Waals surface area contributed by atoms with E-state index in [-0.39, 0.29) is 29.6 Å². The van der Waals surface area contributed by atoms with Crippen LogP contribution in [-0.2, 0) is 11.0 Å². The Hall–Kier alpha value is -1.43. The van der Waals surface area contributed by atoms with Crippen LogP contribution in [0.4, 0.5) is 18.9 Å². The largest absolute Gasteiger partial charge is 0.418 e. The van der Waals surface area contributed by atoms with Crippen molar-refractivity contribution in [3.63, 3.8) is 0 Å². The maximum absolute atomic E-state index is 12.8. The van der Waals surface area contributed by atoms with Gasteiger partial charge in [-0.3, -0.25) is 4.79 Å². The van der Waals surface area contributed by atoms with Crippen LogP contribution in [0.1, 0.15) is 25.3 Å². The summed E-state index contributed by atoms with van der Waals surface area (Å²) in [5.41, 5.74) is -0.913. The minimum Gasteiger partial charge on any atom is -0.384 e. The number of anilines is 1. The summed E-state index contributed by atoms with van der Waals surface area (Å²) in [6, 6.07) is 3.49. The number of hydrogen-bond donors (Lipinski definition) is 2. The van der Waals surface area contributed by atoms with Crippen LogP contribution in [0.5, 0.6) is 0 Å². The zero-order valence-electron chi connectivity index (χ0n) is 11.0. The summed E-state index contributed by atoms with van der Waals surface area (Å²) in [6.07, 6.45) is -3.56. The smallest absolute Gasteiger partial charge is 0.384 e. The molecule has 3 nitrogen and oxygen atoms in total. The lowest BCUT2D eigenvalue weighted by Gasteiger charge is -2.14. The summed E-state index contributed by atoms with van der Waals surface area (Å²) >= 11 is 5.57. The molecule has 0 aliphatic heterocycles. The lowest BCUT2D eigenvalue weighted by atomic mass is 10.1. The Bertz CT molecular complexity index is 463. The van der Waals surface area contributed by atoms with Gasteiger partial charge in [0.05, 0.1) is 5.56 Å². The Balaban J connectivity index is 2.62. The number of halogens is 4. The van der Waals surface area contributed by atoms with Gasteiger partial charge >= 0.3 is 6.18 Å². The van der Waals surface area contributed by atoms with E-state index in [4.69, 9.17) is 11.6 Å². The molecule has 0 saturated carbocycles. The lowest BCUT2D eigenvalue weighted by molar-refractivity contribution is -0.137. The van der Waals surface area contributed by atoms with Crippen LogP contribution in [0.25, 0.3) is 0 Å². The number of amides is 1. The molecule has 1 aromatic carbocycles. The molecule has 20 heavy (non-hydrogen) atoms. The molecule has 0 saturated heterocycles. The van der Waals surface area contributed by atoms with E-state index >= 15 is 0 Å². The van der Waals surface area contributed by atoms with E-state index < -0.39 is 11.7 Å². The summed E-state index contributed by atoms with van der Waals surface area (Å²) in [5.74, 6) is -0.193. The lowest BCUT2D eigenvalue weighted by Crippen LogP contribution is -2.26. The van der Waals surface area contributed by atoms with E-state index in [1.165, 1.54) is 12.1 Å². The van der Waals surface area contributed by atoms with E-state index in [9.17, 15) is 18.0 Å². The summed E-state index contributed by atoms with van der Waals surface area (Å²) < 4.78 is 38.4. The van der Waals surface area contributed by atoms with Gasteiger partial charge in [0.25, 0.3) is 0 Å². The molecule has 0 spiro atoms. The molecular formula is C13H16ClF3N2O. The van der Waals surface area contributed by atoms with Crippen LogP contribution >= 0.6 is 11.6 Å². The number of benzene rings is 1. The zero-order chi connectivity index (χ0) is 15.2. The molecule has 0 unspecified atom stereocenters. The van der Waals surface area contributed by atoms with Crippen molar-refractivity contribution in [2.75, 3.05) is 18.4 Å². The molecule has 0 atom stereocenters. The van der Waals surface area contributed by atoms with E-state index in [1.807, 2.05) is 6.92 Å². The third-order valence-electron chi connectivity index (χ3n) is 2.53. The Kier molecular flexibility index (Phi) is 6.13. The molecule has 0 aliphatic rings. The Morgan fingerprint density at radius 1 is 1.30 bits per heavy atom. The van der Waals surface area contributed by atoms with Gasteiger partial charge in [0.15, 0.2) is 0 Å². The van der Waals surface area contributed by atoms with E-state index in [1.54, 1.807) is 0 Å². The fourth-order valence-corrected chi connectivity index (χ4v) is 1.74. The average Bonchev–Trinajstić information content (AvgIpc) is 2.37. The predicted molar refractivity (Wildman–Crippen MR) is 72.9 cm³/mol. The van der Waals surface area contributed by atoms with Crippen molar-refractivity contribution in [1.82, 2.24) is 5.32 Å². The molecule has 2 N–H and O–H groups in total. The maximum Gasteiger partial charge on any atom is 0.418 e. The molecule has 0 heterocycles. The molecule has 0 aromatic heterocycles. The van der Waals surface area contributed by atoms with Gasteiger partial charge in [0, 0.05) is 30.2 Å². The molecule has 0 radical (unpaired) electrons. The van der Waals surface area contributed by atoms with Gasteiger partial charge in [-0.25, -0.2) is 0 Å². The van der Waals surface area contributed by atoms with Crippen LogP contribution in [0.2, 0.25) is 5.02 Å². The second-order valence-corrected chi connectivity index (χ2v) is 4.65. The monoisotopic (exact) mass is 308 g/mol. The highest BCUT2D eigenvalue weighted by Gasteiger charge is 2.33. The summed E-state index contributed by atoms with van der Waals surface area (Å²) in [6.45, 7) is 2.61. The number of carbonyl (C=O) groups excluding carboxylic acids is 1. The number of rotatable bonds is 6. The molecule has 1 aromatic rings. The van der Waals surface area contributed by atoms with Crippen LogP contribution in [-0.4, -0.2) is 19.0 Å². The first-order valence-corrected chi connectivity index (χ1v) is 6.59. The van der Waals surface area contributed by atoms with Gasteiger partial charge in [-0.1, -0.05) is 18.5 Å². The Morgan fingerprint density at radius 2 is 2.00 bits per heavy atom. The second-order valence-electron chi connectivity index (χ2n) is 4.21. The molecule has 0 aliphatic carbocycles. The molecule has 7 heteroatoms. The SMILES string of the molecule is CCCNC(=O)CCNc1ccc(Cl)cc1C(F)(F)F. The van der Waals surface area contributed by atoms with Gasteiger partial charge in [-0.2, -0.15) is 13.2 Å². The van der Waals surface area contributed by atoms with Crippen molar-refractivity contribution in [3.05, 3.63) is 28.8 Å². The molecule has 112 valence electrons. The predicted octanol–water partition coefficient (Wildman–Crippen LogP) is 3.69. The normalized spacial score (nSPS) is 11.2. The highest BCUT2D eigenvalue weighted by Crippen LogP contribution is 2.36. The highest BCUT2D eigenvalue weighted by atomic mass is 35.5. The summed E-state index contributed by atoms with van der Waals surface area (Å²) in [5, 5.41) is 5.28. The second kappa shape index (κ2) is 7.38. The number of alkyl halides is 3. The third kappa shape index (κ3) is 5.28. The topological polar surface area (TPSA) is 41.1 Å². The number of hydrogen-bond acceptors (Lipinski definition) is 2. The molecule has 0 fully saturated rings. The first kappa shape index (κ1) is 16.6. The Morgan fingerprint density at radius 3 is 2.60 bits per heavy atom. The van der Waals surface area contributed by atoms with E-state index in [0.717, 1.165) is 12.5 Å². The van der Waals surface area contributed by atoms with Crippen molar-refractivity contribution in [1.29, 1.82) is 0 Å². The molecule has 0 bridgehead atoms. The van der Waals surface area contributed by atoms with Crippen molar-refractivity contribution >= 4 is 23.2 Å². The zero-order valence-corrected chi connectivity index (χ0v) is 11.7. The average molecular weight is 309 g/mol. The minimum atomic E-state index is -4.49. The maximum atomic E-state index is 12.8. The van der Waals surface area contributed by atoms with Gasteiger partial charge < -0.3 is 10.6 Å². The number of carbonyl (C=O) groups is 1. The van der Waals surface area contributed by atoms with E-state index in [0.29, 0.717) is 6.54 Å². The fraction of sp³-hybridized carbons (Fsp3) is 0.462. The van der Waals surface area contributed by atoms with Gasteiger partial charge in [0.2, 0.25) is 5.91 Å². The summed E-state index contributed by atoms with van der Waals surface area (Å²) in [4.78, 5) is 11.3. The fourth-order valence-electron chi connectivity index (χ4n) is 1.57. The summed E-state index contributed by atoms with van der Waals surface area (Å²) in [7, 11) is 0. The third-order valence-corrected chi connectivity index (χ3v) is 2.76. The van der Waals surface area contributed by atoms with Crippen molar-refractivity contribution in [3.8, 4) is 0 Å². The van der Waals surface area contributed by atoms with Crippen molar-refractivity contribution in [2.24, 2.45) is 0 Å². The molecule has 1 rings (SSSR count). The van der Waals surface area contributed by atoms with Crippen molar-refractivity contribution in [2.45, 2.75) is 25.9 Å². The Labute approximate surface area is 120 Å². The van der Waals surface area contributed by atoms with Crippen LogP contribution in [0.15, 0.2) is 18.2 Å². The standard InChI is InChI=1S/C13H16ClF3N2O/c1-2-6-19-12(20)5-7-18-11-4-3-9(14)8-10(11)13(15,16)17/h3-4,8,18H,2,5-7H2,1H3,(H,19,20). The van der Waals surface area contributed by atoms with Crippen molar-refractivity contribution < 1.29 is 18.0 Å². The first-order chi connectivity index (χ1) is 9.34. The van der Waals surface area contributed by atoms with Gasteiger partial charge in [0.1, 0.15) is 0 Å².